The average Bonchev–Trinajstić information content (AvgIpc) is 1.25. The van der Waals surface area contributed by atoms with Crippen LogP contribution in [-0.4, -0.2) is 140 Å². The molecule has 2 rings (SSSR count). The first-order chi connectivity index (χ1) is 44.6. The van der Waals surface area contributed by atoms with Crippen molar-refractivity contribution < 1.29 is 64.6 Å². The van der Waals surface area contributed by atoms with Crippen molar-refractivity contribution >= 4 is 5.91 Å². The first-order valence-corrected chi connectivity index (χ1v) is 38.7. The number of carbonyl (C=O) groups is 1. The second-order valence-corrected chi connectivity index (χ2v) is 27.5. The predicted molar refractivity (Wildman–Crippen MR) is 374 cm³/mol. The zero-order valence-corrected chi connectivity index (χ0v) is 58.6. The largest absolute Gasteiger partial charge is 0.394 e. The Morgan fingerprint density at radius 2 is 0.725 bits per heavy atom. The SMILES string of the molecule is CCCCCCC/C=C\C/C=C\C/C=C\CCCCCCCCCCCCCCCCCCC(=O)NC(COC1OC(CO)C(OC2OC(CO)C(O)C(O)C2O)C(O)C1O)C(O)CCCCCCCCCCCCCCCCCCCCCCCCCCCC. The van der Waals surface area contributed by atoms with Crippen LogP contribution in [0.5, 0.6) is 0 Å². The highest BCUT2D eigenvalue weighted by Gasteiger charge is 2.51. The summed E-state index contributed by atoms with van der Waals surface area (Å²) in [6, 6.07) is -0.830. The van der Waals surface area contributed by atoms with E-state index in [9.17, 15) is 45.6 Å². The van der Waals surface area contributed by atoms with Crippen LogP contribution in [0.25, 0.3) is 0 Å². The molecule has 0 aromatic heterocycles. The summed E-state index contributed by atoms with van der Waals surface area (Å²) in [6.45, 7) is 2.91. The van der Waals surface area contributed by atoms with Crippen molar-refractivity contribution in [3.05, 3.63) is 36.5 Å². The zero-order chi connectivity index (χ0) is 65.9. The highest BCUT2D eigenvalue weighted by Crippen LogP contribution is 2.30. The first-order valence-electron chi connectivity index (χ1n) is 38.7. The van der Waals surface area contributed by atoms with Crippen LogP contribution in [0.4, 0.5) is 0 Å². The molecule has 14 heteroatoms. The molecule has 0 aromatic rings. The molecule has 0 spiro atoms. The van der Waals surface area contributed by atoms with Gasteiger partial charge in [-0.2, -0.15) is 0 Å². The normalized spacial score (nSPS) is 22.9. The van der Waals surface area contributed by atoms with Crippen molar-refractivity contribution in [2.45, 2.75) is 428 Å². The lowest BCUT2D eigenvalue weighted by Gasteiger charge is -2.46. The third-order valence-corrected chi connectivity index (χ3v) is 19.1. The highest BCUT2D eigenvalue weighted by atomic mass is 16.7. The van der Waals surface area contributed by atoms with Gasteiger partial charge in [-0.3, -0.25) is 4.79 Å². The molecular weight excluding hydrogens is 1150 g/mol. The number of aliphatic hydroxyl groups is 8. The van der Waals surface area contributed by atoms with Crippen LogP contribution >= 0.6 is 0 Å². The first kappa shape index (κ1) is 85.3. The molecule has 12 atom stereocenters. The summed E-state index contributed by atoms with van der Waals surface area (Å²) in [5, 5.41) is 87.8. The fourth-order valence-electron chi connectivity index (χ4n) is 13.0. The van der Waals surface area contributed by atoms with Gasteiger partial charge in [-0.1, -0.05) is 333 Å². The van der Waals surface area contributed by atoms with Crippen molar-refractivity contribution in [3.63, 3.8) is 0 Å². The van der Waals surface area contributed by atoms with Crippen LogP contribution < -0.4 is 5.32 Å². The summed E-state index contributed by atoms with van der Waals surface area (Å²) in [6.07, 6.45) is 63.1. The van der Waals surface area contributed by atoms with E-state index in [4.69, 9.17) is 18.9 Å². The summed E-state index contributed by atoms with van der Waals surface area (Å²) in [5.74, 6) is -0.201. The Kier molecular flexibility index (Phi) is 57.9. The lowest BCUT2D eigenvalue weighted by molar-refractivity contribution is -0.359. The van der Waals surface area contributed by atoms with Gasteiger partial charge in [0.2, 0.25) is 5.91 Å². The Bertz CT molecular complexity index is 1670. The van der Waals surface area contributed by atoms with Crippen LogP contribution in [0.1, 0.15) is 354 Å². The number of nitrogens with one attached hydrogen (secondary N) is 1. The quantitative estimate of drug-likeness (QED) is 0.0204. The van der Waals surface area contributed by atoms with E-state index < -0.39 is 86.8 Å². The smallest absolute Gasteiger partial charge is 0.220 e. The molecule has 2 aliphatic rings. The number of ether oxygens (including phenoxy) is 4. The topological polar surface area (TPSA) is 228 Å². The summed E-state index contributed by atoms with van der Waals surface area (Å²) in [7, 11) is 0. The molecular formula is C77H145NO13. The number of allylic oxidation sites excluding steroid dienone is 6. The standard InChI is InChI=1S/C77H145NO13/c1-3-5-7-9-11-13-15-17-19-21-23-25-27-29-31-32-33-34-35-37-39-41-43-45-47-49-51-53-55-57-59-61-69(82)78-65(64-88-76-74(87)72(85)75(68(63-80)90-76)91-77-73(86)71(84)70(83)67(62-79)89-77)66(81)60-58-56-54-52-50-48-46-44-42-40-38-36-30-28-26-24-22-20-18-16-14-12-10-8-6-4-2/h15,17,21,23,27,29,65-68,70-77,79-81,83-87H,3-14,16,18-20,22,24-26,28,30-64H2,1-2H3,(H,78,82)/b17-15-,23-21-,29-27-. The Morgan fingerprint density at radius 3 is 1.11 bits per heavy atom. The van der Waals surface area contributed by atoms with Gasteiger partial charge in [-0.25, -0.2) is 0 Å². The van der Waals surface area contributed by atoms with E-state index in [1.165, 1.54) is 263 Å². The Hall–Kier alpha value is -1.79. The minimum absolute atomic E-state index is 0.201. The lowest BCUT2D eigenvalue weighted by atomic mass is 9.97. The fourth-order valence-corrected chi connectivity index (χ4v) is 13.0. The maximum Gasteiger partial charge on any atom is 0.220 e. The molecule has 9 N–H and O–H groups in total. The fraction of sp³-hybridized carbons (Fsp3) is 0.909. The molecule has 2 aliphatic heterocycles. The summed E-state index contributed by atoms with van der Waals surface area (Å²) in [5.41, 5.74) is 0. The number of hydrogen-bond donors (Lipinski definition) is 9. The molecule has 1 amide bonds. The molecule has 0 aliphatic carbocycles. The van der Waals surface area contributed by atoms with Crippen LogP contribution in [-0.2, 0) is 23.7 Å². The van der Waals surface area contributed by atoms with Gasteiger partial charge in [0.15, 0.2) is 12.6 Å². The second kappa shape index (κ2) is 61.8. The van der Waals surface area contributed by atoms with Crippen molar-refractivity contribution in [2.75, 3.05) is 19.8 Å². The molecule has 12 unspecified atom stereocenters. The van der Waals surface area contributed by atoms with E-state index >= 15 is 0 Å². The number of amides is 1. The van der Waals surface area contributed by atoms with Crippen molar-refractivity contribution in [1.82, 2.24) is 5.32 Å². The number of rotatable bonds is 65. The van der Waals surface area contributed by atoms with Crippen molar-refractivity contribution in [2.24, 2.45) is 0 Å². The van der Waals surface area contributed by atoms with E-state index in [2.05, 4.69) is 55.6 Å². The van der Waals surface area contributed by atoms with E-state index in [0.717, 1.165) is 64.2 Å². The zero-order valence-electron chi connectivity index (χ0n) is 58.6. The number of hydrogen-bond acceptors (Lipinski definition) is 13. The summed E-state index contributed by atoms with van der Waals surface area (Å²) < 4.78 is 23.0. The van der Waals surface area contributed by atoms with Crippen LogP contribution in [0.15, 0.2) is 36.5 Å². The van der Waals surface area contributed by atoms with E-state index in [1.807, 2.05) is 0 Å². The molecule has 0 bridgehead atoms. The maximum absolute atomic E-state index is 13.4. The molecule has 2 saturated heterocycles. The number of unbranched alkanes of at least 4 members (excludes halogenated alkanes) is 46. The van der Waals surface area contributed by atoms with Gasteiger partial charge in [-0.05, 0) is 51.4 Å². The van der Waals surface area contributed by atoms with Gasteiger partial charge in [0.05, 0.1) is 32.0 Å². The Balaban J connectivity index is 1.62. The monoisotopic (exact) mass is 1290 g/mol. The third kappa shape index (κ3) is 45.4. The Labute approximate surface area is 557 Å². The molecule has 536 valence electrons. The molecule has 2 heterocycles. The van der Waals surface area contributed by atoms with Crippen molar-refractivity contribution in [1.29, 1.82) is 0 Å². The number of aliphatic hydroxyl groups excluding tert-OH is 8. The van der Waals surface area contributed by atoms with E-state index in [-0.39, 0.29) is 12.5 Å². The Morgan fingerprint density at radius 1 is 0.396 bits per heavy atom. The van der Waals surface area contributed by atoms with Crippen LogP contribution in [0, 0.1) is 0 Å². The molecule has 0 radical (unpaired) electrons. The third-order valence-electron chi connectivity index (χ3n) is 19.1. The minimum Gasteiger partial charge on any atom is -0.394 e. The van der Waals surface area contributed by atoms with Gasteiger partial charge in [0.1, 0.15) is 48.8 Å². The van der Waals surface area contributed by atoms with Gasteiger partial charge < -0.3 is 65.1 Å². The number of carbonyl (C=O) groups excluding carboxylic acids is 1. The molecule has 91 heavy (non-hydrogen) atoms. The average molecular weight is 1290 g/mol. The van der Waals surface area contributed by atoms with E-state index in [1.54, 1.807) is 0 Å². The van der Waals surface area contributed by atoms with E-state index in [0.29, 0.717) is 12.8 Å². The molecule has 0 saturated carbocycles. The van der Waals surface area contributed by atoms with Gasteiger partial charge >= 0.3 is 0 Å². The van der Waals surface area contributed by atoms with Crippen molar-refractivity contribution in [3.8, 4) is 0 Å². The van der Waals surface area contributed by atoms with Gasteiger partial charge in [0, 0.05) is 6.42 Å². The van der Waals surface area contributed by atoms with Crippen LogP contribution in [0.3, 0.4) is 0 Å². The minimum atomic E-state index is -1.78. The molecule has 0 aromatic carbocycles. The maximum atomic E-state index is 13.4. The summed E-state index contributed by atoms with van der Waals surface area (Å²) in [4.78, 5) is 13.4. The lowest BCUT2D eigenvalue weighted by Crippen LogP contribution is -2.65. The molecule has 2 fully saturated rings. The van der Waals surface area contributed by atoms with Gasteiger partial charge in [0.25, 0.3) is 0 Å². The second-order valence-electron chi connectivity index (χ2n) is 27.5. The van der Waals surface area contributed by atoms with Crippen LogP contribution in [0.2, 0.25) is 0 Å². The van der Waals surface area contributed by atoms with Gasteiger partial charge in [-0.15, -0.1) is 0 Å². The molecule has 14 nitrogen and oxygen atoms in total. The summed E-state index contributed by atoms with van der Waals surface area (Å²) >= 11 is 0. The highest BCUT2D eigenvalue weighted by molar-refractivity contribution is 5.76. The predicted octanol–water partition coefficient (Wildman–Crippen LogP) is 16.9.